The first kappa shape index (κ1) is 17.6. The number of halogens is 1. The molecule has 3 heterocycles. The van der Waals surface area contributed by atoms with Crippen LogP contribution in [-0.4, -0.2) is 15.9 Å². The second kappa shape index (κ2) is 7.06. The molecule has 0 aliphatic rings. The van der Waals surface area contributed by atoms with Crippen molar-refractivity contribution < 1.29 is 9.53 Å². The lowest BCUT2D eigenvalue weighted by atomic mass is 10.1. The Morgan fingerprint density at radius 3 is 2.89 bits per heavy atom. The maximum Gasteiger partial charge on any atom is 0.262 e. The van der Waals surface area contributed by atoms with Crippen LogP contribution in [0.3, 0.4) is 0 Å². The molecular weight excluding hydrogens is 382 g/mol. The summed E-state index contributed by atoms with van der Waals surface area (Å²) in [6.07, 6.45) is 3.27. The van der Waals surface area contributed by atoms with Crippen molar-refractivity contribution in [1.29, 1.82) is 0 Å². The number of amides is 1. The number of carbonyl (C=O) groups is 1. The zero-order chi connectivity index (χ0) is 19.0. The average Bonchev–Trinajstić information content (AvgIpc) is 3.28. The monoisotopic (exact) mass is 397 g/mol. The first-order valence-electron chi connectivity index (χ1n) is 8.31. The lowest BCUT2D eigenvalue weighted by molar-refractivity contribution is 0.0998. The largest absolute Gasteiger partial charge is 0.484 e. The van der Waals surface area contributed by atoms with Crippen LogP contribution < -0.4 is 10.5 Å². The average molecular weight is 398 g/mol. The summed E-state index contributed by atoms with van der Waals surface area (Å²) in [6, 6.07) is 13.2. The molecule has 0 fully saturated rings. The number of H-pyrrole nitrogens is 1. The van der Waals surface area contributed by atoms with E-state index in [2.05, 4.69) is 9.97 Å². The molecule has 0 saturated carbocycles. The SMILES string of the molecule is C[C@H](Oc1cc(-c2cnc3[nH]ccc3c2)sc1C(N)=O)c1ccccc1Cl. The number of pyridine rings is 1. The van der Waals surface area contributed by atoms with E-state index >= 15 is 0 Å². The predicted octanol–water partition coefficient (Wildman–Crippen LogP) is 5.18. The Kier molecular flexibility index (Phi) is 4.59. The molecule has 0 radical (unpaired) electrons. The number of primary amides is 1. The van der Waals surface area contributed by atoms with Crippen molar-refractivity contribution in [2.24, 2.45) is 5.73 Å². The quantitative estimate of drug-likeness (QED) is 0.486. The van der Waals surface area contributed by atoms with Gasteiger partial charge in [-0.3, -0.25) is 4.79 Å². The molecule has 7 heteroatoms. The summed E-state index contributed by atoms with van der Waals surface area (Å²) in [5, 5.41) is 1.61. The normalized spacial score (nSPS) is 12.2. The fourth-order valence-corrected chi connectivity index (χ4v) is 4.12. The van der Waals surface area contributed by atoms with Gasteiger partial charge in [0.05, 0.1) is 0 Å². The fraction of sp³-hybridized carbons (Fsp3) is 0.100. The van der Waals surface area contributed by atoms with Gasteiger partial charge in [-0.05, 0) is 31.2 Å². The molecule has 4 rings (SSSR count). The van der Waals surface area contributed by atoms with Crippen LogP contribution in [0.5, 0.6) is 5.75 Å². The van der Waals surface area contributed by atoms with Crippen LogP contribution >= 0.6 is 22.9 Å². The number of nitrogens with two attached hydrogens (primary N) is 1. The molecule has 1 aromatic carbocycles. The van der Waals surface area contributed by atoms with Gasteiger partial charge in [-0.15, -0.1) is 11.3 Å². The summed E-state index contributed by atoms with van der Waals surface area (Å²) in [6.45, 7) is 1.89. The minimum Gasteiger partial charge on any atom is -0.484 e. The van der Waals surface area contributed by atoms with Crippen molar-refractivity contribution in [1.82, 2.24) is 9.97 Å². The van der Waals surface area contributed by atoms with Gasteiger partial charge in [0.15, 0.2) is 0 Å². The number of carbonyl (C=O) groups excluding carboxylic acids is 1. The summed E-state index contributed by atoms with van der Waals surface area (Å²) in [4.78, 5) is 20.6. The van der Waals surface area contributed by atoms with Crippen LogP contribution in [0.15, 0.2) is 54.9 Å². The Bertz CT molecular complexity index is 1140. The first-order chi connectivity index (χ1) is 13.0. The number of thiophene rings is 1. The van der Waals surface area contributed by atoms with Gasteiger partial charge >= 0.3 is 0 Å². The minimum absolute atomic E-state index is 0.329. The zero-order valence-corrected chi connectivity index (χ0v) is 16.0. The lowest BCUT2D eigenvalue weighted by Crippen LogP contribution is -2.12. The van der Waals surface area contributed by atoms with E-state index in [1.54, 1.807) is 6.20 Å². The third-order valence-electron chi connectivity index (χ3n) is 4.25. The standard InChI is InChI=1S/C20H16ClN3O2S/c1-11(14-4-2-3-5-15(14)21)26-16-9-17(27-18(16)19(22)25)13-8-12-6-7-23-20(12)24-10-13/h2-11H,1H3,(H2,22,25)(H,23,24)/t11-/m0/s1. The zero-order valence-electron chi connectivity index (χ0n) is 14.4. The second-order valence-electron chi connectivity index (χ2n) is 6.09. The molecule has 0 aliphatic carbocycles. The summed E-state index contributed by atoms with van der Waals surface area (Å²) in [7, 11) is 0. The molecule has 0 spiro atoms. The van der Waals surface area contributed by atoms with E-state index in [1.807, 2.05) is 55.6 Å². The highest BCUT2D eigenvalue weighted by Gasteiger charge is 2.20. The Labute approximate surface area is 164 Å². The first-order valence-corrected chi connectivity index (χ1v) is 9.50. The van der Waals surface area contributed by atoms with Gasteiger partial charge < -0.3 is 15.5 Å². The van der Waals surface area contributed by atoms with E-state index in [4.69, 9.17) is 22.1 Å². The Balaban J connectivity index is 1.70. The third-order valence-corrected chi connectivity index (χ3v) is 5.78. The van der Waals surface area contributed by atoms with Gasteiger partial charge in [0.1, 0.15) is 22.4 Å². The van der Waals surface area contributed by atoms with Crippen molar-refractivity contribution in [3.8, 4) is 16.2 Å². The summed E-state index contributed by atoms with van der Waals surface area (Å²) >= 11 is 7.54. The summed E-state index contributed by atoms with van der Waals surface area (Å²) < 4.78 is 6.05. The number of fused-ring (bicyclic) bond motifs is 1. The molecule has 1 amide bonds. The third kappa shape index (κ3) is 3.41. The molecular formula is C20H16ClN3O2S. The molecule has 0 unspecified atom stereocenters. The predicted molar refractivity (Wildman–Crippen MR) is 108 cm³/mol. The van der Waals surface area contributed by atoms with Crippen molar-refractivity contribution in [3.05, 3.63) is 70.3 Å². The minimum atomic E-state index is -0.525. The molecule has 1 atom stereocenters. The number of rotatable bonds is 5. The van der Waals surface area contributed by atoms with Crippen LogP contribution in [0.1, 0.15) is 28.3 Å². The van der Waals surface area contributed by atoms with Crippen LogP contribution in [-0.2, 0) is 0 Å². The van der Waals surface area contributed by atoms with Crippen LogP contribution in [0, 0.1) is 0 Å². The van der Waals surface area contributed by atoms with Crippen LogP contribution in [0.2, 0.25) is 5.02 Å². The number of hydrogen-bond acceptors (Lipinski definition) is 4. The summed E-state index contributed by atoms with van der Waals surface area (Å²) in [5.41, 5.74) is 8.13. The van der Waals surface area contributed by atoms with Gasteiger partial charge in [0, 0.05) is 38.8 Å². The second-order valence-corrected chi connectivity index (χ2v) is 7.55. The fourth-order valence-electron chi connectivity index (χ4n) is 2.91. The van der Waals surface area contributed by atoms with Crippen molar-refractivity contribution in [2.75, 3.05) is 0 Å². The maximum atomic E-state index is 11.9. The van der Waals surface area contributed by atoms with E-state index in [1.165, 1.54) is 11.3 Å². The molecule has 4 aromatic rings. The number of nitrogens with zero attached hydrogens (tertiary/aromatic N) is 1. The number of aromatic nitrogens is 2. The number of hydrogen-bond donors (Lipinski definition) is 2. The molecule has 0 bridgehead atoms. The Morgan fingerprint density at radius 1 is 1.30 bits per heavy atom. The smallest absolute Gasteiger partial charge is 0.262 e. The van der Waals surface area contributed by atoms with Gasteiger partial charge in [-0.2, -0.15) is 0 Å². The topological polar surface area (TPSA) is 81.0 Å². The number of aromatic amines is 1. The van der Waals surface area contributed by atoms with Crippen molar-refractivity contribution >= 4 is 39.9 Å². The lowest BCUT2D eigenvalue weighted by Gasteiger charge is -2.16. The van der Waals surface area contributed by atoms with E-state index in [9.17, 15) is 4.79 Å². The van der Waals surface area contributed by atoms with Crippen molar-refractivity contribution in [2.45, 2.75) is 13.0 Å². The van der Waals surface area contributed by atoms with Gasteiger partial charge in [-0.1, -0.05) is 29.8 Å². The molecule has 3 aromatic heterocycles. The van der Waals surface area contributed by atoms with E-state index in [0.717, 1.165) is 27.0 Å². The van der Waals surface area contributed by atoms with Gasteiger partial charge in [0.2, 0.25) is 0 Å². The molecule has 27 heavy (non-hydrogen) atoms. The Hall–Kier alpha value is -2.83. The molecule has 3 N–H and O–H groups in total. The van der Waals surface area contributed by atoms with Crippen LogP contribution in [0.4, 0.5) is 0 Å². The van der Waals surface area contributed by atoms with E-state index in [-0.39, 0.29) is 6.10 Å². The highest BCUT2D eigenvalue weighted by molar-refractivity contribution is 7.17. The summed E-state index contributed by atoms with van der Waals surface area (Å²) in [5.74, 6) is -0.0765. The molecule has 0 aliphatic heterocycles. The van der Waals surface area contributed by atoms with Gasteiger partial charge in [-0.25, -0.2) is 4.98 Å². The van der Waals surface area contributed by atoms with E-state index in [0.29, 0.717) is 15.6 Å². The highest BCUT2D eigenvalue weighted by Crippen LogP contribution is 2.39. The van der Waals surface area contributed by atoms with Crippen molar-refractivity contribution in [3.63, 3.8) is 0 Å². The number of nitrogens with one attached hydrogen (secondary N) is 1. The maximum absolute atomic E-state index is 11.9. The molecule has 0 saturated heterocycles. The van der Waals surface area contributed by atoms with Crippen LogP contribution in [0.25, 0.3) is 21.5 Å². The Morgan fingerprint density at radius 2 is 2.11 bits per heavy atom. The number of ether oxygens (including phenoxy) is 1. The highest BCUT2D eigenvalue weighted by atomic mass is 35.5. The molecule has 5 nitrogen and oxygen atoms in total. The number of benzene rings is 1. The van der Waals surface area contributed by atoms with E-state index < -0.39 is 5.91 Å². The molecule has 136 valence electrons. The van der Waals surface area contributed by atoms with Gasteiger partial charge in [0.25, 0.3) is 5.91 Å².